The van der Waals surface area contributed by atoms with Crippen molar-refractivity contribution in [3.8, 4) is 40.1 Å². The monoisotopic (exact) mass is 580 g/mol. The van der Waals surface area contributed by atoms with Crippen LogP contribution in [0.3, 0.4) is 0 Å². The lowest BCUT2D eigenvalue weighted by atomic mass is 10.1. The third-order valence-electron chi connectivity index (χ3n) is 7.10. The lowest BCUT2D eigenvalue weighted by molar-refractivity contribution is 0.0598. The van der Waals surface area contributed by atoms with Crippen LogP contribution in [-0.2, 0) is 17.7 Å². The highest BCUT2D eigenvalue weighted by molar-refractivity contribution is 5.93. The van der Waals surface area contributed by atoms with Crippen LogP contribution < -0.4 is 24.5 Å². The summed E-state index contributed by atoms with van der Waals surface area (Å²) in [6, 6.07) is 24.0. The normalized spacial score (nSPS) is 10.8. The van der Waals surface area contributed by atoms with Gasteiger partial charge in [-0.3, -0.25) is 9.36 Å². The molecular weight excluding hydrogens is 548 g/mol. The minimum Gasteiger partial charge on any atom is -0.493 e. The van der Waals surface area contributed by atoms with Gasteiger partial charge in [-0.05, 0) is 66.9 Å². The van der Waals surface area contributed by atoms with Crippen molar-refractivity contribution in [2.24, 2.45) is 0 Å². The standard InChI is InChI=1S/C34H32N2O7/c1-21-11-16-25(34(38)42-5)27(19-21)43-24-14-12-23(13-15-24)32-35-29-26(20-28(39-2)30(40-3)31(29)41-4)33(37)36(32)18-17-22-9-7-6-8-10-22/h6-16,19-20H,17-18H2,1-5H3. The molecule has 9 heteroatoms. The SMILES string of the molecule is COC(=O)c1ccc(C)cc1Oc1ccc(-c2nc3c(OC)c(OC)c(OC)cc3c(=O)n2CCc2ccccc2)cc1. The quantitative estimate of drug-likeness (QED) is 0.180. The molecule has 0 radical (unpaired) electrons. The number of nitrogens with zero attached hydrogens (tertiary/aromatic N) is 2. The first-order valence-corrected chi connectivity index (χ1v) is 13.6. The molecule has 0 aliphatic heterocycles. The van der Waals surface area contributed by atoms with E-state index in [9.17, 15) is 9.59 Å². The summed E-state index contributed by atoms with van der Waals surface area (Å²) in [4.78, 5) is 31.3. The maximum Gasteiger partial charge on any atom is 0.341 e. The molecule has 1 heterocycles. The average molecular weight is 581 g/mol. The molecule has 43 heavy (non-hydrogen) atoms. The van der Waals surface area contributed by atoms with E-state index in [2.05, 4.69) is 0 Å². The molecule has 0 saturated heterocycles. The maximum absolute atomic E-state index is 14.1. The predicted octanol–water partition coefficient (Wildman–Crippen LogP) is 6.22. The summed E-state index contributed by atoms with van der Waals surface area (Å²) in [7, 11) is 5.84. The van der Waals surface area contributed by atoms with Crippen molar-refractivity contribution in [3.05, 3.63) is 106 Å². The van der Waals surface area contributed by atoms with Gasteiger partial charge in [0.25, 0.3) is 5.56 Å². The third-order valence-corrected chi connectivity index (χ3v) is 7.10. The minimum absolute atomic E-state index is 0.238. The van der Waals surface area contributed by atoms with Gasteiger partial charge in [-0.1, -0.05) is 36.4 Å². The fraction of sp³-hybridized carbons (Fsp3) is 0.206. The number of aryl methyl sites for hydroxylation is 2. The second-order valence-corrected chi connectivity index (χ2v) is 9.79. The van der Waals surface area contributed by atoms with Crippen LogP contribution in [0.2, 0.25) is 0 Å². The lowest BCUT2D eigenvalue weighted by Gasteiger charge is -2.18. The first-order chi connectivity index (χ1) is 20.9. The van der Waals surface area contributed by atoms with Crippen LogP contribution in [0.15, 0.2) is 83.7 Å². The van der Waals surface area contributed by atoms with Crippen LogP contribution in [0.25, 0.3) is 22.3 Å². The van der Waals surface area contributed by atoms with Crippen LogP contribution in [-0.4, -0.2) is 44.0 Å². The Hall–Kier alpha value is -5.31. The molecule has 0 saturated carbocycles. The Bertz CT molecular complexity index is 1830. The van der Waals surface area contributed by atoms with Gasteiger partial charge in [0, 0.05) is 12.1 Å². The molecule has 5 rings (SSSR count). The highest BCUT2D eigenvalue weighted by Gasteiger charge is 2.23. The van der Waals surface area contributed by atoms with Gasteiger partial charge in [-0.2, -0.15) is 0 Å². The second-order valence-electron chi connectivity index (χ2n) is 9.79. The third kappa shape index (κ3) is 5.88. The molecule has 0 N–H and O–H groups in total. The van der Waals surface area contributed by atoms with Crippen LogP contribution >= 0.6 is 0 Å². The van der Waals surface area contributed by atoms with E-state index in [-0.39, 0.29) is 5.56 Å². The van der Waals surface area contributed by atoms with Crippen molar-refractivity contribution in [2.45, 2.75) is 19.9 Å². The largest absolute Gasteiger partial charge is 0.493 e. The van der Waals surface area contributed by atoms with Gasteiger partial charge in [-0.15, -0.1) is 0 Å². The summed E-state index contributed by atoms with van der Waals surface area (Å²) in [5.41, 5.74) is 3.15. The molecule has 9 nitrogen and oxygen atoms in total. The summed E-state index contributed by atoms with van der Waals surface area (Å²) in [6.07, 6.45) is 0.621. The van der Waals surface area contributed by atoms with E-state index in [1.807, 2.05) is 55.5 Å². The number of carbonyl (C=O) groups is 1. The minimum atomic E-state index is -0.490. The Morgan fingerprint density at radius 1 is 0.814 bits per heavy atom. The summed E-state index contributed by atoms with van der Waals surface area (Å²) in [5.74, 6) is 1.88. The maximum atomic E-state index is 14.1. The predicted molar refractivity (Wildman–Crippen MR) is 164 cm³/mol. The highest BCUT2D eigenvalue weighted by Crippen LogP contribution is 2.42. The van der Waals surface area contributed by atoms with Gasteiger partial charge in [0.05, 0.1) is 33.8 Å². The molecule has 0 atom stereocenters. The number of hydrogen-bond acceptors (Lipinski definition) is 8. The van der Waals surface area contributed by atoms with Crippen LogP contribution in [0.5, 0.6) is 28.7 Å². The van der Waals surface area contributed by atoms with Gasteiger partial charge >= 0.3 is 5.97 Å². The van der Waals surface area contributed by atoms with Gasteiger partial charge in [0.1, 0.15) is 28.4 Å². The zero-order valence-electron chi connectivity index (χ0n) is 24.7. The summed E-state index contributed by atoms with van der Waals surface area (Å²) < 4.78 is 29.4. The van der Waals surface area contributed by atoms with Gasteiger partial charge in [0.15, 0.2) is 11.5 Å². The number of aromatic nitrogens is 2. The van der Waals surface area contributed by atoms with E-state index in [0.717, 1.165) is 11.1 Å². The van der Waals surface area contributed by atoms with E-state index in [1.165, 1.54) is 28.4 Å². The average Bonchev–Trinajstić information content (AvgIpc) is 3.04. The number of methoxy groups -OCH3 is 4. The van der Waals surface area contributed by atoms with Crippen molar-refractivity contribution in [2.75, 3.05) is 28.4 Å². The zero-order valence-corrected chi connectivity index (χ0v) is 24.7. The number of ether oxygens (including phenoxy) is 5. The highest BCUT2D eigenvalue weighted by atomic mass is 16.5. The Kier molecular flexibility index (Phi) is 8.61. The molecule has 4 aromatic carbocycles. The molecule has 0 bridgehead atoms. The van der Waals surface area contributed by atoms with Crippen molar-refractivity contribution < 1.29 is 28.5 Å². The molecular formula is C34H32N2O7. The Morgan fingerprint density at radius 2 is 1.53 bits per heavy atom. The van der Waals surface area contributed by atoms with E-state index in [0.29, 0.717) is 69.6 Å². The van der Waals surface area contributed by atoms with E-state index in [1.54, 1.807) is 34.9 Å². The molecule has 0 fully saturated rings. The summed E-state index contributed by atoms with van der Waals surface area (Å²) in [6.45, 7) is 2.30. The molecule has 0 aliphatic carbocycles. The van der Waals surface area contributed by atoms with Crippen LogP contribution in [0.1, 0.15) is 21.5 Å². The number of rotatable bonds is 10. The number of hydrogen-bond donors (Lipinski definition) is 0. The first-order valence-electron chi connectivity index (χ1n) is 13.6. The number of fused-ring (bicyclic) bond motifs is 1. The van der Waals surface area contributed by atoms with E-state index in [4.69, 9.17) is 28.7 Å². The molecule has 0 aliphatic rings. The van der Waals surface area contributed by atoms with E-state index >= 15 is 0 Å². The van der Waals surface area contributed by atoms with Gasteiger partial charge < -0.3 is 23.7 Å². The fourth-order valence-electron chi connectivity index (χ4n) is 4.93. The summed E-state index contributed by atoms with van der Waals surface area (Å²) in [5, 5.41) is 0.348. The molecule has 0 unspecified atom stereocenters. The van der Waals surface area contributed by atoms with Crippen LogP contribution in [0.4, 0.5) is 0 Å². The zero-order chi connectivity index (χ0) is 30.5. The number of esters is 1. The smallest absolute Gasteiger partial charge is 0.341 e. The Labute approximate surface area is 249 Å². The molecule has 0 amide bonds. The Morgan fingerprint density at radius 3 is 2.19 bits per heavy atom. The topological polar surface area (TPSA) is 98.1 Å². The Balaban J connectivity index is 1.62. The molecule has 0 spiro atoms. The lowest BCUT2D eigenvalue weighted by Crippen LogP contribution is -2.25. The number of benzene rings is 4. The van der Waals surface area contributed by atoms with Gasteiger partial charge in [0.2, 0.25) is 5.75 Å². The molecule has 5 aromatic rings. The van der Waals surface area contributed by atoms with Crippen LogP contribution in [0, 0.1) is 6.92 Å². The van der Waals surface area contributed by atoms with Crippen molar-refractivity contribution in [1.29, 1.82) is 0 Å². The van der Waals surface area contributed by atoms with E-state index < -0.39 is 5.97 Å². The second kappa shape index (κ2) is 12.7. The molecule has 220 valence electrons. The van der Waals surface area contributed by atoms with Crippen molar-refractivity contribution in [1.82, 2.24) is 9.55 Å². The number of carbonyl (C=O) groups excluding carboxylic acids is 1. The van der Waals surface area contributed by atoms with Gasteiger partial charge in [-0.25, -0.2) is 9.78 Å². The first kappa shape index (κ1) is 29.2. The molecule has 1 aromatic heterocycles. The fourth-order valence-corrected chi connectivity index (χ4v) is 4.93. The van der Waals surface area contributed by atoms with Crippen molar-refractivity contribution in [3.63, 3.8) is 0 Å². The van der Waals surface area contributed by atoms with Crippen molar-refractivity contribution >= 4 is 16.9 Å². The summed E-state index contributed by atoms with van der Waals surface area (Å²) >= 11 is 0.